The van der Waals surface area contributed by atoms with E-state index in [1.807, 2.05) is 37.3 Å². The topological polar surface area (TPSA) is 94.3 Å². The quantitative estimate of drug-likeness (QED) is 0.544. The van der Waals surface area contributed by atoms with Gasteiger partial charge in [-0.25, -0.2) is 4.98 Å². The fourth-order valence-electron chi connectivity index (χ4n) is 2.42. The Bertz CT molecular complexity index is 957. The molecule has 0 bridgehead atoms. The Labute approximate surface area is 171 Å². The highest BCUT2D eigenvalue weighted by atomic mass is 32.2. The van der Waals surface area contributed by atoms with E-state index in [-0.39, 0.29) is 11.7 Å². The lowest BCUT2D eigenvalue weighted by molar-refractivity contribution is -0.115. The number of carbonyl (C=O) groups excluding carboxylic acids is 2. The van der Waals surface area contributed by atoms with Gasteiger partial charge in [0.2, 0.25) is 5.91 Å². The van der Waals surface area contributed by atoms with Gasteiger partial charge >= 0.3 is 0 Å². The zero-order chi connectivity index (χ0) is 19.9. The van der Waals surface area contributed by atoms with Crippen LogP contribution >= 0.6 is 23.1 Å². The van der Waals surface area contributed by atoms with Crippen molar-refractivity contribution in [1.29, 1.82) is 0 Å². The Balaban J connectivity index is 1.84. The van der Waals surface area contributed by atoms with Crippen LogP contribution in [0.1, 0.15) is 17.3 Å². The molecule has 6 nitrogen and oxygen atoms in total. The van der Waals surface area contributed by atoms with Gasteiger partial charge in [-0.2, -0.15) is 0 Å². The highest BCUT2D eigenvalue weighted by Gasteiger charge is 2.17. The van der Waals surface area contributed by atoms with E-state index in [1.54, 1.807) is 24.3 Å². The lowest BCUT2D eigenvalue weighted by Crippen LogP contribution is -2.12. The molecule has 28 heavy (non-hydrogen) atoms. The van der Waals surface area contributed by atoms with Gasteiger partial charge in [-0.05, 0) is 31.2 Å². The standard InChI is InChI=1S/C20H19N3O3S2/c1-2-26-15-10-8-14(9-11-15)18(25)23-19-17(13-6-4-3-5-7-13)22-20(28-19)27-12-16(21)24/h3-11H,2,12H2,1H3,(H2,21,24)(H,23,25). The molecule has 2 amide bonds. The highest BCUT2D eigenvalue weighted by molar-refractivity contribution is 8.01. The Kier molecular flexibility index (Phi) is 6.67. The molecule has 0 radical (unpaired) electrons. The van der Waals surface area contributed by atoms with Crippen molar-refractivity contribution in [3.05, 3.63) is 60.2 Å². The molecule has 0 spiro atoms. The molecule has 3 aromatic rings. The van der Waals surface area contributed by atoms with Gasteiger partial charge in [0.25, 0.3) is 5.91 Å². The van der Waals surface area contributed by atoms with Gasteiger partial charge in [0.15, 0.2) is 4.34 Å². The zero-order valence-corrected chi connectivity index (χ0v) is 16.8. The maximum absolute atomic E-state index is 12.7. The number of nitrogens with one attached hydrogen (secondary N) is 1. The first-order valence-electron chi connectivity index (χ1n) is 8.58. The molecule has 0 unspecified atom stereocenters. The second-order valence-electron chi connectivity index (χ2n) is 5.69. The van der Waals surface area contributed by atoms with E-state index in [0.29, 0.717) is 33.0 Å². The molecule has 1 aromatic heterocycles. The van der Waals surface area contributed by atoms with E-state index in [9.17, 15) is 9.59 Å². The summed E-state index contributed by atoms with van der Waals surface area (Å²) in [6.07, 6.45) is 0. The number of benzene rings is 2. The molecule has 0 atom stereocenters. The van der Waals surface area contributed by atoms with Crippen molar-refractivity contribution in [3.63, 3.8) is 0 Å². The minimum absolute atomic E-state index is 0.133. The first-order valence-corrected chi connectivity index (χ1v) is 10.4. The van der Waals surface area contributed by atoms with E-state index in [0.717, 1.165) is 5.56 Å². The van der Waals surface area contributed by atoms with Crippen LogP contribution in [0.3, 0.4) is 0 Å². The van der Waals surface area contributed by atoms with Gasteiger partial charge in [0.05, 0.1) is 12.4 Å². The number of amides is 2. The summed E-state index contributed by atoms with van der Waals surface area (Å²) in [6, 6.07) is 16.5. The number of anilines is 1. The monoisotopic (exact) mass is 413 g/mol. The normalized spacial score (nSPS) is 10.5. The molecule has 2 aromatic carbocycles. The van der Waals surface area contributed by atoms with Crippen LogP contribution in [0.15, 0.2) is 58.9 Å². The lowest BCUT2D eigenvalue weighted by Gasteiger charge is -2.07. The zero-order valence-electron chi connectivity index (χ0n) is 15.2. The number of nitrogens with zero attached hydrogens (tertiary/aromatic N) is 1. The Morgan fingerprint density at radius 1 is 1.14 bits per heavy atom. The van der Waals surface area contributed by atoms with Crippen molar-refractivity contribution in [1.82, 2.24) is 4.98 Å². The molecule has 1 heterocycles. The largest absolute Gasteiger partial charge is 0.494 e. The molecule has 3 rings (SSSR count). The SMILES string of the molecule is CCOc1ccc(C(=O)Nc2sc(SCC(N)=O)nc2-c2ccccc2)cc1. The fraction of sp³-hybridized carbons (Fsp3) is 0.150. The average Bonchev–Trinajstić information content (AvgIpc) is 3.10. The van der Waals surface area contributed by atoms with Gasteiger partial charge < -0.3 is 15.8 Å². The molecule has 0 fully saturated rings. The fourth-order valence-corrected chi connectivity index (χ4v) is 4.22. The molecule has 144 valence electrons. The van der Waals surface area contributed by atoms with E-state index >= 15 is 0 Å². The van der Waals surface area contributed by atoms with Gasteiger partial charge in [-0.3, -0.25) is 9.59 Å². The summed E-state index contributed by atoms with van der Waals surface area (Å²) in [5.74, 6) is 0.192. The molecule has 3 N–H and O–H groups in total. The average molecular weight is 414 g/mol. The van der Waals surface area contributed by atoms with E-state index < -0.39 is 5.91 Å². The number of carbonyl (C=O) groups is 2. The van der Waals surface area contributed by atoms with Crippen molar-refractivity contribution >= 4 is 39.9 Å². The minimum Gasteiger partial charge on any atom is -0.494 e. The second-order valence-corrected chi connectivity index (χ2v) is 7.91. The van der Waals surface area contributed by atoms with Crippen LogP contribution in [0.25, 0.3) is 11.3 Å². The number of rotatable bonds is 8. The van der Waals surface area contributed by atoms with Crippen LogP contribution in [0, 0.1) is 0 Å². The number of ether oxygens (including phenoxy) is 1. The van der Waals surface area contributed by atoms with Gasteiger partial charge in [-0.1, -0.05) is 53.4 Å². The van der Waals surface area contributed by atoms with Gasteiger partial charge in [0.1, 0.15) is 16.4 Å². The third-order valence-corrected chi connectivity index (χ3v) is 5.78. The van der Waals surface area contributed by atoms with E-state index in [4.69, 9.17) is 10.5 Å². The maximum atomic E-state index is 12.7. The number of thiazole rings is 1. The maximum Gasteiger partial charge on any atom is 0.256 e. The molecular formula is C20H19N3O3S2. The summed E-state index contributed by atoms with van der Waals surface area (Å²) in [5, 5.41) is 3.55. The predicted molar refractivity (Wildman–Crippen MR) is 113 cm³/mol. The third kappa shape index (κ3) is 5.11. The number of aromatic nitrogens is 1. The molecule has 0 saturated carbocycles. The Hall–Kier alpha value is -2.84. The van der Waals surface area contributed by atoms with E-state index in [1.165, 1.54) is 23.1 Å². The van der Waals surface area contributed by atoms with Crippen LogP contribution in [-0.2, 0) is 4.79 Å². The number of thioether (sulfide) groups is 1. The smallest absolute Gasteiger partial charge is 0.256 e. The van der Waals surface area contributed by atoms with Crippen LogP contribution in [0.4, 0.5) is 5.00 Å². The molecule has 0 aliphatic carbocycles. The summed E-state index contributed by atoms with van der Waals surface area (Å²) in [6.45, 7) is 2.47. The predicted octanol–water partition coefficient (Wildman–Crippen LogP) is 4.04. The molecule has 0 aliphatic rings. The molecule has 0 saturated heterocycles. The summed E-state index contributed by atoms with van der Waals surface area (Å²) in [7, 11) is 0. The van der Waals surface area contributed by atoms with E-state index in [2.05, 4.69) is 10.3 Å². The molecule has 0 aliphatic heterocycles. The number of hydrogen-bond donors (Lipinski definition) is 2. The van der Waals surface area contributed by atoms with Crippen LogP contribution in [0.2, 0.25) is 0 Å². The first-order chi connectivity index (χ1) is 13.6. The van der Waals surface area contributed by atoms with Crippen molar-refractivity contribution in [3.8, 4) is 17.0 Å². The summed E-state index contributed by atoms with van der Waals surface area (Å²) in [5.41, 5.74) is 7.28. The number of hydrogen-bond acceptors (Lipinski definition) is 6. The summed E-state index contributed by atoms with van der Waals surface area (Å²) < 4.78 is 6.07. The molecular weight excluding hydrogens is 394 g/mol. The minimum atomic E-state index is -0.415. The molecule has 8 heteroatoms. The van der Waals surface area contributed by atoms with Crippen molar-refractivity contribution in [2.24, 2.45) is 5.73 Å². The summed E-state index contributed by atoms with van der Waals surface area (Å²) in [4.78, 5) is 28.3. The summed E-state index contributed by atoms with van der Waals surface area (Å²) >= 11 is 2.57. The lowest BCUT2D eigenvalue weighted by atomic mass is 10.1. The third-order valence-electron chi connectivity index (χ3n) is 3.65. The number of nitrogens with two attached hydrogens (primary N) is 1. The van der Waals surface area contributed by atoms with Crippen LogP contribution < -0.4 is 15.8 Å². The van der Waals surface area contributed by atoms with Crippen LogP contribution in [-0.4, -0.2) is 29.2 Å². The van der Waals surface area contributed by atoms with Gasteiger partial charge in [0, 0.05) is 11.1 Å². The Morgan fingerprint density at radius 3 is 2.50 bits per heavy atom. The number of primary amides is 1. The highest BCUT2D eigenvalue weighted by Crippen LogP contribution is 2.37. The second kappa shape index (κ2) is 9.38. The van der Waals surface area contributed by atoms with Crippen LogP contribution in [0.5, 0.6) is 5.75 Å². The van der Waals surface area contributed by atoms with Crippen molar-refractivity contribution in [2.75, 3.05) is 17.7 Å². The van der Waals surface area contributed by atoms with Crippen molar-refractivity contribution < 1.29 is 14.3 Å². The van der Waals surface area contributed by atoms with Crippen molar-refractivity contribution in [2.45, 2.75) is 11.3 Å². The van der Waals surface area contributed by atoms with Gasteiger partial charge in [-0.15, -0.1) is 0 Å². The Morgan fingerprint density at radius 2 is 1.86 bits per heavy atom. The first kappa shape index (κ1) is 19.9.